The Hall–Kier alpha value is -4.67. The van der Waals surface area contributed by atoms with E-state index in [-0.39, 0.29) is 103 Å². The van der Waals surface area contributed by atoms with E-state index in [2.05, 4.69) is 31.1 Å². The van der Waals surface area contributed by atoms with E-state index in [1.807, 2.05) is 0 Å². The number of aromatic hydroxyl groups is 2. The number of nitrogens with one attached hydrogen (secondary N) is 2. The Morgan fingerprint density at radius 1 is 0.556 bits per heavy atom. The minimum Gasteiger partial charge on any atom is -0.744 e. The van der Waals surface area contributed by atoms with Crippen LogP contribution in [0.1, 0.15) is 0 Å². The summed E-state index contributed by atoms with van der Waals surface area (Å²) in [7, 11) is -9.63. The molecule has 17 nitrogen and oxygen atoms in total. The van der Waals surface area contributed by atoms with Crippen molar-refractivity contribution in [2.45, 2.75) is 9.79 Å². The maximum Gasteiger partial charge on any atom is 1.00 e. The maximum absolute atomic E-state index is 12.6. The molecular formula is C33H24N8Na2O9S2. The number of fused-ring (bicyclic) bond motifs is 2. The third-order valence-electron chi connectivity index (χ3n) is 7.51. The molecule has 264 valence electrons. The number of urea groups is 1. The number of carbonyl (C=O) groups excluding carboxylic acids is 1. The van der Waals surface area contributed by atoms with Crippen LogP contribution < -0.4 is 81.2 Å². The summed E-state index contributed by atoms with van der Waals surface area (Å²) < 4.78 is 68.6. The second-order valence-electron chi connectivity index (χ2n) is 11.1. The van der Waals surface area contributed by atoms with Crippen molar-refractivity contribution in [1.82, 2.24) is 0 Å². The number of rotatable bonds is 8. The van der Waals surface area contributed by atoms with Crippen LogP contribution in [0.25, 0.3) is 21.5 Å². The van der Waals surface area contributed by atoms with Crippen molar-refractivity contribution in [2.75, 3.05) is 22.1 Å². The predicted molar refractivity (Wildman–Crippen MR) is 190 cm³/mol. The van der Waals surface area contributed by atoms with Crippen LogP contribution in [0.2, 0.25) is 0 Å². The van der Waals surface area contributed by atoms with Crippen molar-refractivity contribution in [3.05, 3.63) is 97.1 Å². The fourth-order valence-electron chi connectivity index (χ4n) is 5.06. The van der Waals surface area contributed by atoms with Crippen LogP contribution in [0, 0.1) is 0 Å². The van der Waals surface area contributed by atoms with E-state index in [1.165, 1.54) is 24.3 Å². The number of carbonyl (C=O) groups is 1. The number of hydrogen-bond acceptors (Lipinski definition) is 15. The smallest absolute Gasteiger partial charge is 0.744 e. The minimum absolute atomic E-state index is 0. The minimum atomic E-state index is -4.82. The molecule has 0 bridgehead atoms. The van der Waals surface area contributed by atoms with Crippen LogP contribution in [0.4, 0.5) is 50.3 Å². The molecule has 0 fully saturated rings. The van der Waals surface area contributed by atoms with Crippen LogP contribution in [-0.2, 0) is 20.2 Å². The van der Waals surface area contributed by atoms with E-state index in [9.17, 15) is 40.9 Å². The predicted octanol–water partition coefficient (Wildman–Crippen LogP) is 0.860. The first-order chi connectivity index (χ1) is 24.6. The van der Waals surface area contributed by atoms with Crippen LogP contribution in [0.3, 0.4) is 0 Å². The van der Waals surface area contributed by atoms with Gasteiger partial charge in [0, 0.05) is 11.4 Å². The van der Waals surface area contributed by atoms with Crippen molar-refractivity contribution in [1.29, 1.82) is 0 Å². The fourth-order valence-corrected chi connectivity index (χ4v) is 6.12. The summed E-state index contributed by atoms with van der Waals surface area (Å²) in [5, 5.41) is 43.4. The first kappa shape index (κ1) is 42.1. The topological polar surface area (TPSA) is 297 Å². The second-order valence-corrected chi connectivity index (χ2v) is 13.8. The molecule has 0 radical (unpaired) electrons. The molecule has 0 heterocycles. The molecule has 0 aromatic heterocycles. The second kappa shape index (κ2) is 16.8. The van der Waals surface area contributed by atoms with Crippen LogP contribution in [0.5, 0.6) is 11.5 Å². The molecule has 6 aromatic carbocycles. The molecule has 0 spiro atoms. The largest absolute Gasteiger partial charge is 1.00 e. The van der Waals surface area contributed by atoms with E-state index in [0.29, 0.717) is 22.7 Å². The first-order valence-electron chi connectivity index (χ1n) is 14.7. The van der Waals surface area contributed by atoms with Gasteiger partial charge in [-0.1, -0.05) is 12.1 Å². The average Bonchev–Trinajstić information content (AvgIpc) is 3.08. The van der Waals surface area contributed by atoms with Gasteiger partial charge in [0.1, 0.15) is 43.1 Å². The van der Waals surface area contributed by atoms with Crippen LogP contribution in [0.15, 0.2) is 127 Å². The number of nitrogens with two attached hydrogens (primary N) is 2. The third kappa shape index (κ3) is 9.51. The summed E-state index contributed by atoms with van der Waals surface area (Å²) in [4.78, 5) is 11.4. The van der Waals surface area contributed by atoms with Crippen molar-refractivity contribution in [3.63, 3.8) is 0 Å². The van der Waals surface area contributed by atoms with E-state index in [1.54, 1.807) is 48.5 Å². The molecule has 0 saturated carbocycles. The molecular weight excluding hydrogens is 763 g/mol. The standard InChI is InChI=1S/C33H26N8O9S2.2Na/c34-25-11-1-17-13-23(51(45,46)47)15-27(42)29(17)31(25)40-38-21-7-3-19(4-8-21)36-33(44)37-20-5-9-22(10-6-20)39-41-32-26(35)12-2-18-14-24(52(48,49)50)16-28(43)30(18)32;;/h1-16,42-43H,34-35H2,(H2,36,37,44)(H,45,46,47)(H,48,49,50);;/q;2*+1/p-2. The van der Waals surface area contributed by atoms with Gasteiger partial charge in [0.25, 0.3) is 0 Å². The number of nitrogen functional groups attached to an aromatic ring is 2. The summed E-state index contributed by atoms with van der Waals surface area (Å²) in [5.74, 6) is -1.02. The monoisotopic (exact) mass is 786 g/mol. The molecule has 0 unspecified atom stereocenters. The first-order valence-corrected chi connectivity index (χ1v) is 17.5. The number of hydrogen-bond donors (Lipinski definition) is 6. The van der Waals surface area contributed by atoms with Gasteiger partial charge in [-0.25, -0.2) is 21.6 Å². The van der Waals surface area contributed by atoms with Gasteiger partial charge in [0.15, 0.2) is 0 Å². The van der Waals surface area contributed by atoms with E-state index >= 15 is 0 Å². The van der Waals surface area contributed by atoms with Gasteiger partial charge in [0.05, 0.1) is 43.3 Å². The Balaban J connectivity index is 0.00000325. The van der Waals surface area contributed by atoms with Crippen molar-refractivity contribution in [3.8, 4) is 11.5 Å². The average molecular weight is 787 g/mol. The molecule has 0 aliphatic heterocycles. The zero-order valence-electron chi connectivity index (χ0n) is 28.2. The number of phenols is 2. The van der Waals surface area contributed by atoms with Gasteiger partial charge in [-0.3, -0.25) is 0 Å². The summed E-state index contributed by atoms with van der Waals surface area (Å²) in [6.45, 7) is 0. The quantitative estimate of drug-likeness (QED) is 0.0544. The number of nitrogens with zero attached hydrogens (tertiary/aromatic N) is 4. The zero-order valence-corrected chi connectivity index (χ0v) is 33.9. The SMILES string of the molecule is Nc1ccc2cc(S(=O)(=O)[O-])cc(O)c2c1N=Nc1ccc(NC(=O)Nc2ccc(N=Nc3c(N)ccc4cc(S(=O)(=O)[O-])cc(O)c34)cc2)cc1.[Na+].[Na+]. The molecule has 0 aliphatic carbocycles. The van der Waals surface area contributed by atoms with E-state index in [4.69, 9.17) is 11.5 Å². The van der Waals surface area contributed by atoms with Crippen molar-refractivity contribution < 1.29 is 100 Å². The summed E-state index contributed by atoms with van der Waals surface area (Å²) in [6.07, 6.45) is 0. The Bertz CT molecular complexity index is 2510. The molecule has 6 rings (SSSR count). The Labute approximate surface area is 351 Å². The number of anilines is 4. The van der Waals surface area contributed by atoms with Gasteiger partial charge in [0.2, 0.25) is 0 Å². The van der Waals surface area contributed by atoms with Gasteiger partial charge < -0.3 is 41.4 Å². The summed E-state index contributed by atoms with van der Waals surface area (Å²) >= 11 is 0. The molecule has 0 saturated heterocycles. The number of amides is 2. The normalized spacial score (nSPS) is 11.7. The number of azo groups is 2. The van der Waals surface area contributed by atoms with Gasteiger partial charge in [-0.2, -0.15) is 10.2 Å². The summed E-state index contributed by atoms with van der Waals surface area (Å²) in [5.41, 5.74) is 14.0. The van der Waals surface area contributed by atoms with E-state index in [0.717, 1.165) is 24.3 Å². The number of phenolic OH excluding ortho intramolecular Hbond substituents is 2. The molecule has 0 atom stereocenters. The van der Waals surface area contributed by atoms with Gasteiger partial charge in [-0.05, 0) is 95.7 Å². The van der Waals surface area contributed by atoms with E-state index < -0.39 is 47.6 Å². The Morgan fingerprint density at radius 2 is 0.907 bits per heavy atom. The molecule has 21 heteroatoms. The molecule has 54 heavy (non-hydrogen) atoms. The van der Waals surface area contributed by atoms with Crippen molar-refractivity contribution >= 4 is 93.3 Å². The molecule has 2 amide bonds. The molecule has 8 N–H and O–H groups in total. The van der Waals surface area contributed by atoms with Crippen LogP contribution in [-0.4, -0.2) is 42.2 Å². The Morgan fingerprint density at radius 3 is 1.24 bits per heavy atom. The molecule has 0 aliphatic rings. The van der Waals surface area contributed by atoms with Crippen molar-refractivity contribution in [2.24, 2.45) is 20.5 Å². The summed E-state index contributed by atoms with van der Waals surface area (Å²) in [6, 6.07) is 21.5. The van der Waals surface area contributed by atoms with Crippen LogP contribution >= 0.6 is 0 Å². The van der Waals surface area contributed by atoms with Gasteiger partial charge in [-0.15, -0.1) is 10.2 Å². The third-order valence-corrected chi connectivity index (χ3v) is 9.13. The zero-order chi connectivity index (χ0) is 37.4. The molecule has 6 aromatic rings. The van der Waals surface area contributed by atoms with Gasteiger partial charge >= 0.3 is 65.1 Å². The fraction of sp³-hybridized carbons (Fsp3) is 0. The number of benzene rings is 6. The maximum atomic E-state index is 12.6. The Kier molecular flexibility index (Phi) is 13.1.